The molecule has 3 N–H and O–H groups in total. The lowest BCUT2D eigenvalue weighted by molar-refractivity contribution is 0.191. The van der Waals surface area contributed by atoms with Gasteiger partial charge >= 0.3 is 0 Å². The summed E-state index contributed by atoms with van der Waals surface area (Å²) in [6.07, 6.45) is -0.137. The predicted octanol–water partition coefficient (Wildman–Crippen LogP) is 2.52. The van der Waals surface area contributed by atoms with Crippen molar-refractivity contribution in [3.8, 4) is 6.07 Å². The van der Waals surface area contributed by atoms with E-state index in [1.54, 1.807) is 12.1 Å². The van der Waals surface area contributed by atoms with E-state index < -0.39 is 13.5 Å². The molecule has 0 saturated carbocycles. The van der Waals surface area contributed by atoms with Crippen LogP contribution in [-0.2, 0) is 17.1 Å². The van der Waals surface area contributed by atoms with Crippen LogP contribution in [0, 0.1) is 11.3 Å². The molecule has 2 atom stereocenters. The predicted molar refractivity (Wildman–Crippen MR) is 98.6 cm³/mol. The van der Waals surface area contributed by atoms with Crippen molar-refractivity contribution in [2.75, 3.05) is 19.3 Å². The summed E-state index contributed by atoms with van der Waals surface area (Å²) in [5.41, 5.74) is 2.52. The van der Waals surface area contributed by atoms with E-state index in [1.807, 2.05) is 42.5 Å². The van der Waals surface area contributed by atoms with E-state index in [0.717, 1.165) is 17.5 Å². The minimum Gasteiger partial charge on any atom is -0.391 e. The van der Waals surface area contributed by atoms with Gasteiger partial charge < -0.3 is 15.3 Å². The number of hydrogen-bond donors (Lipinski definition) is 3. The second-order valence-electron chi connectivity index (χ2n) is 6.09. The maximum Gasteiger partial charge on any atom is 0.207 e. The molecule has 5 nitrogen and oxygen atoms in total. The minimum absolute atomic E-state index is 0.0795. The minimum atomic E-state index is -3.41. The van der Waals surface area contributed by atoms with Gasteiger partial charge in [0.05, 0.1) is 23.9 Å². The molecule has 1 unspecified atom stereocenters. The van der Waals surface area contributed by atoms with Crippen molar-refractivity contribution in [3.05, 3.63) is 71.3 Å². The van der Waals surface area contributed by atoms with E-state index in [0.29, 0.717) is 12.1 Å². The molecule has 0 spiro atoms. The summed E-state index contributed by atoms with van der Waals surface area (Å²) < 4.78 is 12.2. The molecule has 0 amide bonds. The van der Waals surface area contributed by atoms with Gasteiger partial charge in [-0.3, -0.25) is 4.57 Å². The van der Waals surface area contributed by atoms with Gasteiger partial charge in [-0.1, -0.05) is 42.5 Å². The second kappa shape index (κ2) is 9.50. The molecule has 0 heterocycles. The Balaban J connectivity index is 1.70. The molecule has 2 rings (SSSR count). The molecule has 2 aromatic carbocycles. The van der Waals surface area contributed by atoms with Gasteiger partial charge in [-0.05, 0) is 36.2 Å². The molecule has 0 fully saturated rings. The van der Waals surface area contributed by atoms with Crippen LogP contribution < -0.4 is 5.32 Å². The molecule has 0 aliphatic rings. The van der Waals surface area contributed by atoms with E-state index >= 15 is 0 Å². The molecule has 0 radical (unpaired) electrons. The summed E-state index contributed by atoms with van der Waals surface area (Å²) in [6, 6.07) is 18.6. The van der Waals surface area contributed by atoms with Crippen LogP contribution in [0.15, 0.2) is 54.6 Å². The first-order valence-corrected chi connectivity index (χ1v) is 10.2. The Morgan fingerprint density at radius 1 is 1.08 bits per heavy atom. The van der Waals surface area contributed by atoms with Crippen molar-refractivity contribution in [2.45, 2.75) is 18.7 Å². The van der Waals surface area contributed by atoms with E-state index in [9.17, 15) is 14.6 Å². The Labute approximate surface area is 148 Å². The third kappa shape index (κ3) is 7.21. The monoisotopic (exact) mass is 358 g/mol. The normalized spacial score (nSPS) is 14.4. The molecular weight excluding hydrogens is 335 g/mol. The van der Waals surface area contributed by atoms with Crippen LogP contribution >= 0.6 is 7.37 Å². The van der Waals surface area contributed by atoms with E-state index in [1.165, 1.54) is 0 Å². The van der Waals surface area contributed by atoms with Crippen LogP contribution in [0.4, 0.5) is 0 Å². The maximum atomic E-state index is 12.2. The van der Waals surface area contributed by atoms with Gasteiger partial charge in [0.2, 0.25) is 7.37 Å². The standard InChI is InChI=1S/C19H23N2O3P/c20-12-17-8-6-16(7-9-17)10-11-21-13-19(22)15-25(23,24)14-18-4-2-1-3-5-18/h1-9,19,21-22H,10-11,13-15H2,(H,23,24)/t19-/m1/s1. The quantitative estimate of drug-likeness (QED) is 0.473. The third-order valence-electron chi connectivity index (χ3n) is 3.82. The van der Waals surface area contributed by atoms with Gasteiger partial charge in [-0.15, -0.1) is 0 Å². The summed E-state index contributed by atoms with van der Waals surface area (Å²) >= 11 is 0. The van der Waals surface area contributed by atoms with Crippen molar-refractivity contribution in [1.82, 2.24) is 5.32 Å². The highest BCUT2D eigenvalue weighted by Crippen LogP contribution is 2.44. The van der Waals surface area contributed by atoms with Crippen molar-refractivity contribution in [1.29, 1.82) is 5.26 Å². The fourth-order valence-corrected chi connectivity index (χ4v) is 4.27. The topological polar surface area (TPSA) is 93.4 Å². The van der Waals surface area contributed by atoms with Crippen LogP contribution in [-0.4, -0.2) is 35.4 Å². The summed E-state index contributed by atoms with van der Waals surface area (Å²) in [6.45, 7) is 0.924. The van der Waals surface area contributed by atoms with Crippen molar-refractivity contribution in [3.63, 3.8) is 0 Å². The van der Waals surface area contributed by atoms with Crippen LogP contribution in [0.2, 0.25) is 0 Å². The summed E-state index contributed by atoms with van der Waals surface area (Å²) in [7, 11) is -3.41. The van der Waals surface area contributed by atoms with Gasteiger partial charge in [0, 0.05) is 12.7 Å². The zero-order valence-corrected chi connectivity index (χ0v) is 14.9. The van der Waals surface area contributed by atoms with Gasteiger partial charge in [0.1, 0.15) is 0 Å². The fraction of sp³-hybridized carbons (Fsp3) is 0.316. The number of nitrogens with zero attached hydrogens (tertiary/aromatic N) is 1. The first kappa shape index (κ1) is 19.4. The molecule has 0 aliphatic heterocycles. The zero-order chi connectivity index (χ0) is 18.1. The number of nitrogens with one attached hydrogen (secondary N) is 1. The molecular formula is C19H23N2O3P. The molecule has 0 aliphatic carbocycles. The van der Waals surface area contributed by atoms with Crippen LogP contribution in [0.3, 0.4) is 0 Å². The molecule has 0 aromatic heterocycles. The third-order valence-corrected chi connectivity index (χ3v) is 5.67. The summed E-state index contributed by atoms with van der Waals surface area (Å²) in [5.74, 6) is 0. The van der Waals surface area contributed by atoms with E-state index in [4.69, 9.17) is 5.26 Å². The molecule has 2 aromatic rings. The smallest absolute Gasteiger partial charge is 0.207 e. The van der Waals surface area contributed by atoms with Gasteiger partial charge in [-0.25, -0.2) is 0 Å². The fourth-order valence-electron chi connectivity index (χ4n) is 2.57. The van der Waals surface area contributed by atoms with Gasteiger partial charge in [0.25, 0.3) is 0 Å². The number of rotatable bonds is 9. The summed E-state index contributed by atoms with van der Waals surface area (Å²) in [5, 5.41) is 21.9. The number of aliphatic hydroxyl groups is 1. The van der Waals surface area contributed by atoms with Crippen LogP contribution in [0.1, 0.15) is 16.7 Å². The first-order valence-electron chi connectivity index (χ1n) is 8.21. The van der Waals surface area contributed by atoms with Gasteiger partial charge in [0.15, 0.2) is 0 Å². The lowest BCUT2D eigenvalue weighted by Crippen LogP contribution is -2.31. The molecule has 25 heavy (non-hydrogen) atoms. The highest BCUT2D eigenvalue weighted by atomic mass is 31.2. The van der Waals surface area contributed by atoms with Crippen molar-refractivity contribution in [2.24, 2.45) is 0 Å². The highest BCUT2D eigenvalue weighted by Gasteiger charge is 2.23. The van der Waals surface area contributed by atoms with Crippen molar-refractivity contribution < 1.29 is 14.6 Å². The maximum absolute atomic E-state index is 12.2. The lowest BCUT2D eigenvalue weighted by Gasteiger charge is -2.17. The largest absolute Gasteiger partial charge is 0.391 e. The summed E-state index contributed by atoms with van der Waals surface area (Å²) in [4.78, 5) is 10.1. The Morgan fingerprint density at radius 3 is 2.40 bits per heavy atom. The Morgan fingerprint density at radius 2 is 1.76 bits per heavy atom. The molecule has 0 saturated heterocycles. The average molecular weight is 358 g/mol. The molecule has 132 valence electrons. The zero-order valence-electron chi connectivity index (χ0n) is 14.0. The highest BCUT2D eigenvalue weighted by molar-refractivity contribution is 7.57. The SMILES string of the molecule is N#Cc1ccc(CCNC[C@@H](O)CP(=O)(O)Cc2ccccc2)cc1. The van der Waals surface area contributed by atoms with E-state index in [-0.39, 0.29) is 18.9 Å². The number of benzene rings is 2. The number of hydrogen-bond acceptors (Lipinski definition) is 4. The average Bonchev–Trinajstić information content (AvgIpc) is 2.59. The van der Waals surface area contributed by atoms with Crippen LogP contribution in [0.5, 0.6) is 0 Å². The number of aliphatic hydroxyl groups excluding tert-OH is 1. The number of nitriles is 1. The Bertz CT molecular complexity index is 742. The van der Waals surface area contributed by atoms with Gasteiger partial charge in [-0.2, -0.15) is 5.26 Å². The first-order chi connectivity index (χ1) is 12.0. The molecule has 6 heteroatoms. The Hall–Kier alpha value is -1.96. The van der Waals surface area contributed by atoms with Crippen molar-refractivity contribution >= 4 is 7.37 Å². The van der Waals surface area contributed by atoms with E-state index in [2.05, 4.69) is 11.4 Å². The van der Waals surface area contributed by atoms with Crippen LogP contribution in [0.25, 0.3) is 0 Å². The Kier molecular flexibility index (Phi) is 7.36. The lowest BCUT2D eigenvalue weighted by atomic mass is 10.1. The second-order valence-corrected chi connectivity index (χ2v) is 8.46. The molecule has 0 bridgehead atoms.